The van der Waals surface area contributed by atoms with Crippen molar-refractivity contribution in [3.8, 4) is 5.75 Å². The molecule has 108 valence electrons. The van der Waals surface area contributed by atoms with Gasteiger partial charge in [0.2, 0.25) is 0 Å². The lowest BCUT2D eigenvalue weighted by atomic mass is 10.1. The van der Waals surface area contributed by atoms with Crippen LogP contribution in [0.25, 0.3) is 16.0 Å². The number of hydrogen-bond donors (Lipinski definition) is 0. The molecule has 1 aromatic carbocycles. The first kappa shape index (κ1) is 16.0. The Hall–Kier alpha value is -3.08. The molecule has 0 amide bonds. The van der Waals surface area contributed by atoms with Crippen LogP contribution < -0.4 is 4.74 Å². The van der Waals surface area contributed by atoms with Gasteiger partial charge in [-0.1, -0.05) is 17.3 Å². The summed E-state index contributed by atoms with van der Waals surface area (Å²) in [5, 5.41) is 3.28. The Morgan fingerprint density at radius 3 is 2.57 bits per heavy atom. The second-order valence-corrected chi connectivity index (χ2v) is 3.66. The van der Waals surface area contributed by atoms with E-state index in [4.69, 9.17) is 20.5 Å². The van der Waals surface area contributed by atoms with E-state index in [-0.39, 0.29) is 18.9 Å². The zero-order chi connectivity index (χ0) is 15.5. The van der Waals surface area contributed by atoms with E-state index in [2.05, 4.69) is 14.8 Å². The number of nitrogens with zero attached hydrogens (tertiary/aromatic N) is 5. The highest BCUT2D eigenvalue weighted by molar-refractivity contribution is 6.40. The number of esters is 1. The molecule has 0 aromatic heterocycles. The summed E-state index contributed by atoms with van der Waals surface area (Å²) < 4.78 is 9.90. The minimum atomic E-state index is -0.767. The van der Waals surface area contributed by atoms with Gasteiger partial charge in [-0.2, -0.15) is 4.79 Å². The molecular weight excluding hydrogens is 274 g/mol. The smallest absolute Gasteiger partial charge is 0.422 e. The Bertz CT molecular complexity index is 611. The first-order chi connectivity index (χ1) is 10.2. The van der Waals surface area contributed by atoms with E-state index >= 15 is 0 Å². The molecule has 0 radical (unpaired) electrons. The van der Waals surface area contributed by atoms with Gasteiger partial charge in [0.15, 0.2) is 0 Å². The molecule has 0 bridgehead atoms. The molecule has 1 rings (SSSR count). The molecule has 0 saturated carbocycles. The van der Waals surface area contributed by atoms with Crippen molar-refractivity contribution < 1.29 is 19.1 Å². The van der Waals surface area contributed by atoms with E-state index in [1.807, 2.05) is 0 Å². The van der Waals surface area contributed by atoms with Crippen LogP contribution in [0.3, 0.4) is 0 Å². The maximum Gasteiger partial charge on any atom is 0.422 e. The fraction of sp³-hybridized carbons (Fsp3) is 0.231. The molecule has 0 aliphatic rings. The van der Waals surface area contributed by atoms with Gasteiger partial charge in [0.1, 0.15) is 12.4 Å². The van der Waals surface area contributed by atoms with Gasteiger partial charge in [-0.3, -0.25) is 0 Å². The molecule has 21 heavy (non-hydrogen) atoms. The van der Waals surface area contributed by atoms with Crippen LogP contribution in [0.1, 0.15) is 5.56 Å². The quantitative estimate of drug-likeness (QED) is 0.191. The summed E-state index contributed by atoms with van der Waals surface area (Å²) in [5.41, 5.74) is 17.2. The molecule has 0 spiro atoms. The van der Waals surface area contributed by atoms with Crippen molar-refractivity contribution in [2.24, 2.45) is 5.11 Å². The number of carbonyl (C=O) groups excluding carboxylic acids is 1. The highest BCUT2D eigenvalue weighted by atomic mass is 16.5. The predicted octanol–water partition coefficient (Wildman–Crippen LogP) is 2.12. The highest BCUT2D eigenvalue weighted by Gasteiger charge is 2.24. The van der Waals surface area contributed by atoms with Crippen LogP contribution in [-0.4, -0.2) is 36.7 Å². The van der Waals surface area contributed by atoms with Crippen LogP contribution >= 0.6 is 0 Å². The zero-order valence-electron chi connectivity index (χ0n) is 11.3. The van der Waals surface area contributed by atoms with E-state index in [1.54, 1.807) is 30.3 Å². The second-order valence-electron chi connectivity index (χ2n) is 3.66. The predicted molar refractivity (Wildman–Crippen MR) is 74.8 cm³/mol. The maximum absolute atomic E-state index is 11.8. The van der Waals surface area contributed by atoms with Crippen LogP contribution in [0.15, 0.2) is 41.5 Å². The molecule has 1 aromatic rings. The third-order valence-electron chi connectivity index (χ3n) is 2.38. The normalized spacial score (nSPS) is 9.57. The summed E-state index contributed by atoms with van der Waals surface area (Å²) in [5.74, 6) is -0.151. The van der Waals surface area contributed by atoms with Crippen molar-refractivity contribution in [3.63, 3.8) is 0 Å². The molecule has 0 saturated heterocycles. The van der Waals surface area contributed by atoms with Crippen molar-refractivity contribution in [2.45, 2.75) is 0 Å². The largest absolute Gasteiger partial charge is 0.497 e. The Morgan fingerprint density at radius 2 is 2.00 bits per heavy atom. The lowest BCUT2D eigenvalue weighted by Gasteiger charge is -2.00. The topological polar surface area (TPSA) is 121 Å². The lowest BCUT2D eigenvalue weighted by molar-refractivity contribution is -0.138. The monoisotopic (exact) mass is 287 g/mol. The first-order valence-electron chi connectivity index (χ1n) is 5.92. The Labute approximate surface area is 120 Å². The van der Waals surface area contributed by atoms with E-state index < -0.39 is 5.97 Å². The van der Waals surface area contributed by atoms with Gasteiger partial charge >= 0.3 is 11.7 Å². The van der Waals surface area contributed by atoms with Crippen molar-refractivity contribution in [2.75, 3.05) is 20.3 Å². The van der Waals surface area contributed by atoms with Crippen molar-refractivity contribution in [1.29, 1.82) is 0 Å². The number of azide groups is 1. The number of ether oxygens (including phenoxy) is 2. The van der Waals surface area contributed by atoms with Crippen molar-refractivity contribution in [1.82, 2.24) is 0 Å². The minimum absolute atomic E-state index is 0.0189. The maximum atomic E-state index is 11.8. The molecule has 0 atom stereocenters. The van der Waals surface area contributed by atoms with Crippen molar-refractivity contribution >= 4 is 11.7 Å². The van der Waals surface area contributed by atoms with Crippen LogP contribution in [0, 0.1) is 0 Å². The van der Waals surface area contributed by atoms with Gasteiger partial charge in [-0.25, -0.2) is 4.79 Å². The number of methoxy groups -OCH3 is 1. The molecule has 0 heterocycles. The summed E-state index contributed by atoms with van der Waals surface area (Å²) in [4.78, 5) is 17.3. The highest BCUT2D eigenvalue weighted by Crippen LogP contribution is 2.11. The molecule has 0 aliphatic carbocycles. The summed E-state index contributed by atoms with van der Waals surface area (Å²) in [6.07, 6.45) is 3.08. The van der Waals surface area contributed by atoms with Crippen molar-refractivity contribution in [3.05, 3.63) is 58.0 Å². The molecule has 0 aliphatic heterocycles. The summed E-state index contributed by atoms with van der Waals surface area (Å²) in [6.45, 7) is 0.155. The minimum Gasteiger partial charge on any atom is -0.497 e. The van der Waals surface area contributed by atoms with E-state index in [1.165, 1.54) is 13.2 Å². The van der Waals surface area contributed by atoms with Gasteiger partial charge in [-0.05, 0) is 29.8 Å². The first-order valence-corrected chi connectivity index (χ1v) is 5.92. The van der Waals surface area contributed by atoms with E-state index in [0.29, 0.717) is 11.3 Å². The third kappa shape index (κ3) is 5.20. The molecule has 0 N–H and O–H groups in total. The average molecular weight is 287 g/mol. The summed E-state index contributed by atoms with van der Waals surface area (Å²) in [7, 11) is 1.52. The fourth-order valence-electron chi connectivity index (χ4n) is 1.38. The van der Waals surface area contributed by atoms with Crippen LogP contribution in [0.4, 0.5) is 0 Å². The lowest BCUT2D eigenvalue weighted by Crippen LogP contribution is -2.19. The van der Waals surface area contributed by atoms with Gasteiger partial charge < -0.3 is 15.0 Å². The van der Waals surface area contributed by atoms with Gasteiger partial charge in [0.05, 0.1) is 12.7 Å². The zero-order valence-corrected chi connectivity index (χ0v) is 11.3. The molecule has 8 heteroatoms. The molecule has 0 unspecified atom stereocenters. The average Bonchev–Trinajstić information content (AvgIpc) is 2.52. The van der Waals surface area contributed by atoms with Gasteiger partial charge in [-0.15, -0.1) is 0 Å². The van der Waals surface area contributed by atoms with E-state index in [0.717, 1.165) is 0 Å². The third-order valence-corrected chi connectivity index (χ3v) is 2.38. The summed E-state index contributed by atoms with van der Waals surface area (Å²) >= 11 is 0. The second kappa shape index (κ2) is 8.92. The number of carbonyl (C=O) groups is 1. The number of hydrogen-bond acceptors (Lipinski definition) is 4. The molecule has 8 nitrogen and oxygen atoms in total. The Balaban J connectivity index is 2.63. The van der Waals surface area contributed by atoms with Crippen LogP contribution in [0.2, 0.25) is 0 Å². The fourth-order valence-corrected chi connectivity index (χ4v) is 1.38. The van der Waals surface area contributed by atoms with Crippen LogP contribution in [0.5, 0.6) is 5.75 Å². The standard InChI is InChI=1S/C13H13N5O3/c1-20-11-6-4-10(5-7-11)12(17-14)13(19)21-9-3-2-8-16-18-15/h2-7H,8-9H2,1H3/b3-2-. The number of rotatable bonds is 7. The van der Waals surface area contributed by atoms with Crippen LogP contribution in [-0.2, 0) is 9.53 Å². The van der Waals surface area contributed by atoms with Gasteiger partial charge in [0, 0.05) is 11.5 Å². The van der Waals surface area contributed by atoms with E-state index in [9.17, 15) is 4.79 Å². The Kier molecular flexibility index (Phi) is 6.79. The number of benzene rings is 1. The Morgan fingerprint density at radius 1 is 1.29 bits per heavy atom. The van der Waals surface area contributed by atoms with Gasteiger partial charge in [0.25, 0.3) is 0 Å². The summed E-state index contributed by atoms with van der Waals surface area (Å²) in [6, 6.07) is 6.42. The molecular formula is C13H13N5O3. The SMILES string of the molecule is COc1ccc(C(=[N+]=[N-])C(=O)OC/C=C\CN=[N+]=[N-])cc1. The molecule has 0 fully saturated rings.